The summed E-state index contributed by atoms with van der Waals surface area (Å²) in [5.74, 6) is 0.730. The topological polar surface area (TPSA) is 54.7 Å². The van der Waals surface area contributed by atoms with Crippen molar-refractivity contribution >= 4 is 44.3 Å². The summed E-state index contributed by atoms with van der Waals surface area (Å²) in [6, 6.07) is 9.41. The molecule has 5 heteroatoms. The number of nitrogen functional groups attached to an aromatic ring is 1. The maximum absolute atomic E-state index is 6.20. The van der Waals surface area contributed by atoms with E-state index in [4.69, 9.17) is 17.3 Å². The zero-order valence-corrected chi connectivity index (χ0v) is 12.5. The van der Waals surface area contributed by atoms with E-state index in [9.17, 15) is 0 Å². The van der Waals surface area contributed by atoms with Gasteiger partial charge in [0.25, 0.3) is 0 Å². The van der Waals surface area contributed by atoms with Crippen LogP contribution in [0, 0.1) is 6.92 Å². The Labute approximate surface area is 123 Å². The summed E-state index contributed by atoms with van der Waals surface area (Å²) in [4.78, 5) is 7.89. The number of imidazole rings is 1. The maximum Gasteiger partial charge on any atom is 0.140 e. The Bertz CT molecular complexity index is 780. The van der Waals surface area contributed by atoms with Gasteiger partial charge in [-0.2, -0.15) is 0 Å². The first-order valence-corrected chi connectivity index (χ1v) is 6.93. The lowest BCUT2D eigenvalue weighted by molar-refractivity contribution is 1.33. The summed E-state index contributed by atoms with van der Waals surface area (Å²) in [6.45, 7) is 2.03. The van der Waals surface area contributed by atoms with Crippen molar-refractivity contribution in [3.8, 4) is 11.4 Å². The van der Waals surface area contributed by atoms with Gasteiger partial charge in [-0.15, -0.1) is 0 Å². The van der Waals surface area contributed by atoms with Gasteiger partial charge in [-0.25, -0.2) is 4.98 Å². The molecule has 2 aromatic carbocycles. The summed E-state index contributed by atoms with van der Waals surface area (Å²) < 4.78 is 1.02. The lowest BCUT2D eigenvalue weighted by Gasteiger charge is -2.01. The molecule has 0 atom stereocenters. The molecule has 0 saturated carbocycles. The summed E-state index contributed by atoms with van der Waals surface area (Å²) >= 11 is 9.69. The van der Waals surface area contributed by atoms with Gasteiger partial charge >= 0.3 is 0 Å². The number of benzene rings is 2. The largest absolute Gasteiger partial charge is 0.399 e. The van der Waals surface area contributed by atoms with Crippen molar-refractivity contribution in [3.05, 3.63) is 45.4 Å². The number of aryl methyl sites for hydroxylation is 1. The quantitative estimate of drug-likeness (QED) is 0.641. The molecule has 3 rings (SSSR count). The Kier molecular flexibility index (Phi) is 2.99. The van der Waals surface area contributed by atoms with Crippen LogP contribution in [0.1, 0.15) is 5.56 Å². The highest BCUT2D eigenvalue weighted by Crippen LogP contribution is 2.31. The molecule has 0 bridgehead atoms. The van der Waals surface area contributed by atoms with Crippen LogP contribution in [-0.2, 0) is 0 Å². The van der Waals surface area contributed by atoms with Gasteiger partial charge in [-0.1, -0.05) is 27.5 Å². The number of H-pyrrole nitrogens is 1. The van der Waals surface area contributed by atoms with Crippen molar-refractivity contribution in [2.45, 2.75) is 6.92 Å². The number of rotatable bonds is 1. The van der Waals surface area contributed by atoms with Crippen LogP contribution in [0.4, 0.5) is 5.69 Å². The molecule has 0 saturated heterocycles. The van der Waals surface area contributed by atoms with E-state index < -0.39 is 0 Å². The molecule has 0 aliphatic heterocycles. The third-order valence-electron chi connectivity index (χ3n) is 2.99. The molecule has 0 spiro atoms. The Morgan fingerprint density at radius 1 is 1.26 bits per heavy atom. The molecule has 1 heterocycles. The predicted molar refractivity (Wildman–Crippen MR) is 83.4 cm³/mol. The normalized spacial score (nSPS) is 11.1. The van der Waals surface area contributed by atoms with Crippen LogP contribution >= 0.6 is 27.5 Å². The fourth-order valence-corrected chi connectivity index (χ4v) is 2.88. The van der Waals surface area contributed by atoms with E-state index in [1.807, 2.05) is 25.1 Å². The standard InChI is InChI=1S/C14H11BrClN3/c1-7-4-8(15)5-12-13(7)19-14(18-12)10-6-9(17)2-3-11(10)16/h2-6H,17H2,1H3,(H,18,19). The third-order valence-corrected chi connectivity index (χ3v) is 3.77. The zero-order valence-electron chi connectivity index (χ0n) is 10.2. The number of nitrogens with one attached hydrogen (secondary N) is 1. The Balaban J connectivity index is 2.26. The van der Waals surface area contributed by atoms with Crippen LogP contribution < -0.4 is 5.73 Å². The average Bonchev–Trinajstić information content (AvgIpc) is 2.76. The van der Waals surface area contributed by atoms with Gasteiger partial charge in [0.1, 0.15) is 5.82 Å². The highest BCUT2D eigenvalue weighted by Gasteiger charge is 2.11. The Morgan fingerprint density at radius 3 is 2.84 bits per heavy atom. The van der Waals surface area contributed by atoms with Crippen molar-refractivity contribution in [2.24, 2.45) is 0 Å². The van der Waals surface area contributed by atoms with Gasteiger partial charge in [0.2, 0.25) is 0 Å². The molecular weight excluding hydrogens is 326 g/mol. The van der Waals surface area contributed by atoms with E-state index in [2.05, 4.69) is 25.9 Å². The first kappa shape index (κ1) is 12.5. The second-order valence-electron chi connectivity index (χ2n) is 4.44. The van der Waals surface area contributed by atoms with Crippen LogP contribution in [0.5, 0.6) is 0 Å². The molecule has 0 radical (unpaired) electrons. The lowest BCUT2D eigenvalue weighted by atomic mass is 10.2. The van der Waals surface area contributed by atoms with E-state index in [0.29, 0.717) is 10.7 Å². The molecule has 1 aromatic heterocycles. The second kappa shape index (κ2) is 4.54. The van der Waals surface area contributed by atoms with Gasteiger partial charge < -0.3 is 10.7 Å². The van der Waals surface area contributed by atoms with Crippen LogP contribution in [0.25, 0.3) is 22.4 Å². The van der Waals surface area contributed by atoms with Crippen molar-refractivity contribution in [3.63, 3.8) is 0 Å². The Morgan fingerprint density at radius 2 is 2.05 bits per heavy atom. The molecule has 3 N–H and O–H groups in total. The number of hydrogen-bond acceptors (Lipinski definition) is 2. The van der Waals surface area contributed by atoms with E-state index in [1.54, 1.807) is 12.1 Å². The molecule has 3 nitrogen and oxygen atoms in total. The minimum absolute atomic E-state index is 0.630. The number of anilines is 1. The average molecular weight is 337 g/mol. The fraction of sp³-hybridized carbons (Fsp3) is 0.0714. The van der Waals surface area contributed by atoms with E-state index in [0.717, 1.165) is 32.5 Å². The number of nitrogens with two attached hydrogens (primary N) is 1. The van der Waals surface area contributed by atoms with Gasteiger partial charge in [-0.3, -0.25) is 0 Å². The second-order valence-corrected chi connectivity index (χ2v) is 5.77. The van der Waals surface area contributed by atoms with Crippen molar-refractivity contribution in [1.82, 2.24) is 9.97 Å². The molecule has 0 aliphatic carbocycles. The molecule has 0 fully saturated rings. The van der Waals surface area contributed by atoms with E-state index >= 15 is 0 Å². The molecule has 96 valence electrons. The van der Waals surface area contributed by atoms with Crippen molar-refractivity contribution in [1.29, 1.82) is 0 Å². The van der Waals surface area contributed by atoms with Gasteiger partial charge in [0, 0.05) is 15.7 Å². The number of aromatic nitrogens is 2. The summed E-state index contributed by atoms with van der Waals surface area (Å²) in [6.07, 6.45) is 0. The number of aromatic amines is 1. The van der Waals surface area contributed by atoms with Gasteiger partial charge in [0.15, 0.2) is 0 Å². The lowest BCUT2D eigenvalue weighted by Crippen LogP contribution is -1.88. The zero-order chi connectivity index (χ0) is 13.6. The van der Waals surface area contributed by atoms with Gasteiger partial charge in [0.05, 0.1) is 16.1 Å². The molecule has 0 unspecified atom stereocenters. The summed E-state index contributed by atoms with van der Waals surface area (Å²) in [5, 5.41) is 0.630. The highest BCUT2D eigenvalue weighted by molar-refractivity contribution is 9.10. The van der Waals surface area contributed by atoms with Crippen LogP contribution in [-0.4, -0.2) is 9.97 Å². The van der Waals surface area contributed by atoms with Crippen LogP contribution in [0.2, 0.25) is 5.02 Å². The maximum atomic E-state index is 6.20. The number of nitrogens with zero attached hydrogens (tertiary/aromatic N) is 1. The SMILES string of the molecule is Cc1cc(Br)cc2[nH]c(-c3cc(N)ccc3Cl)nc12. The first-order valence-electron chi connectivity index (χ1n) is 5.76. The number of hydrogen-bond donors (Lipinski definition) is 2. The molecule has 0 amide bonds. The predicted octanol–water partition coefficient (Wildman–Crippen LogP) is 4.54. The van der Waals surface area contributed by atoms with Gasteiger partial charge in [-0.05, 0) is 42.8 Å². The summed E-state index contributed by atoms with van der Waals surface area (Å²) in [7, 11) is 0. The first-order chi connectivity index (χ1) is 9.04. The van der Waals surface area contributed by atoms with Crippen molar-refractivity contribution in [2.75, 3.05) is 5.73 Å². The monoisotopic (exact) mass is 335 g/mol. The third kappa shape index (κ3) is 2.22. The summed E-state index contributed by atoms with van der Waals surface area (Å²) in [5.41, 5.74) is 10.3. The van der Waals surface area contributed by atoms with Crippen LogP contribution in [0.15, 0.2) is 34.8 Å². The molecule has 19 heavy (non-hydrogen) atoms. The smallest absolute Gasteiger partial charge is 0.140 e. The van der Waals surface area contributed by atoms with E-state index in [1.165, 1.54) is 0 Å². The van der Waals surface area contributed by atoms with E-state index in [-0.39, 0.29) is 0 Å². The fourth-order valence-electron chi connectivity index (χ4n) is 2.10. The number of fused-ring (bicyclic) bond motifs is 1. The molecular formula is C14H11BrClN3. The number of halogens is 2. The minimum atomic E-state index is 0.630. The molecule has 0 aliphatic rings. The molecule has 3 aromatic rings. The highest BCUT2D eigenvalue weighted by atomic mass is 79.9. The Hall–Kier alpha value is -1.52. The van der Waals surface area contributed by atoms with Crippen molar-refractivity contribution < 1.29 is 0 Å². The van der Waals surface area contributed by atoms with Crippen LogP contribution in [0.3, 0.4) is 0 Å². The minimum Gasteiger partial charge on any atom is -0.399 e.